The molecular formula is C7H4O5. The van der Waals surface area contributed by atoms with E-state index in [4.69, 9.17) is 5.11 Å². The second-order valence-electron chi connectivity index (χ2n) is 1.78. The fourth-order valence-electron chi connectivity index (χ4n) is 0.465. The first-order valence-corrected chi connectivity index (χ1v) is 2.82. The van der Waals surface area contributed by atoms with Crippen molar-refractivity contribution in [2.75, 3.05) is 0 Å². The van der Waals surface area contributed by atoms with E-state index in [0.29, 0.717) is 6.08 Å². The van der Waals surface area contributed by atoms with Crippen LogP contribution in [0.3, 0.4) is 0 Å². The maximum absolute atomic E-state index is 10.6. The summed E-state index contributed by atoms with van der Waals surface area (Å²) in [5, 5.41) is 8.17. The van der Waals surface area contributed by atoms with Gasteiger partial charge in [0.05, 0.1) is 18.1 Å². The molecule has 0 radical (unpaired) electrons. The Labute approximate surface area is 67.0 Å². The number of carbonyl (C=O) groups excluding carboxylic acids is 3. The molecule has 0 aromatic rings. The summed E-state index contributed by atoms with van der Waals surface area (Å²) in [6, 6.07) is 0. The molecule has 0 aromatic carbocycles. The summed E-state index contributed by atoms with van der Waals surface area (Å²) in [7, 11) is 0. The van der Waals surface area contributed by atoms with Crippen molar-refractivity contribution in [2.24, 2.45) is 0 Å². The molecule has 0 spiro atoms. The third-order valence-electron chi connectivity index (χ3n) is 0.939. The first kappa shape index (κ1) is 10.0. The Hall–Kier alpha value is -1.96. The molecule has 12 heavy (non-hydrogen) atoms. The number of carboxylic acids is 1. The lowest BCUT2D eigenvalue weighted by Gasteiger charge is -1.90. The van der Waals surface area contributed by atoms with Crippen molar-refractivity contribution in [3.8, 4) is 0 Å². The predicted octanol–water partition coefficient (Wildman–Crippen LogP) is -0.824. The molecule has 0 aliphatic rings. The highest BCUT2D eigenvalue weighted by atomic mass is 16.4. The molecule has 0 saturated heterocycles. The minimum atomic E-state index is -1.33. The maximum Gasteiger partial charge on any atom is 0.308 e. The van der Waals surface area contributed by atoms with Gasteiger partial charge in [0, 0.05) is 0 Å². The minimum absolute atomic E-state index is 0.448. The molecule has 1 N–H and O–H groups in total. The minimum Gasteiger partial charge on any atom is -0.481 e. The molecule has 0 bridgehead atoms. The van der Waals surface area contributed by atoms with Gasteiger partial charge < -0.3 is 5.11 Å². The number of hydrogen-bond donors (Lipinski definition) is 1. The molecule has 0 aromatic heterocycles. The van der Waals surface area contributed by atoms with Crippen molar-refractivity contribution >= 4 is 23.6 Å². The van der Waals surface area contributed by atoms with E-state index in [1.807, 2.05) is 0 Å². The smallest absolute Gasteiger partial charge is 0.308 e. The molecule has 0 unspecified atom stereocenters. The van der Waals surface area contributed by atoms with Crippen LogP contribution in [0.15, 0.2) is 11.6 Å². The molecule has 0 saturated carbocycles. The highest BCUT2D eigenvalue weighted by Crippen LogP contribution is 1.98. The quantitative estimate of drug-likeness (QED) is 0.437. The fraction of sp³-hybridized carbons (Fsp3) is 0.143. The Morgan fingerprint density at radius 3 is 2.25 bits per heavy atom. The SMILES string of the molecule is O=C=CC(=O)C(=C=O)CC(=O)O. The van der Waals surface area contributed by atoms with Crippen LogP contribution >= 0.6 is 0 Å². The Balaban J connectivity index is 4.59. The Bertz CT molecular complexity index is 302. The van der Waals surface area contributed by atoms with Crippen LogP contribution < -0.4 is 0 Å². The zero-order chi connectivity index (χ0) is 9.56. The predicted molar refractivity (Wildman–Crippen MR) is 36.7 cm³/mol. The lowest BCUT2D eigenvalue weighted by Crippen LogP contribution is -2.06. The molecule has 0 rings (SSSR count). The fourth-order valence-corrected chi connectivity index (χ4v) is 0.465. The molecule has 5 heteroatoms. The van der Waals surface area contributed by atoms with Crippen molar-refractivity contribution in [3.05, 3.63) is 11.6 Å². The lowest BCUT2D eigenvalue weighted by atomic mass is 10.1. The summed E-state index contributed by atoms with van der Waals surface area (Å²) >= 11 is 0. The highest BCUT2D eigenvalue weighted by Gasteiger charge is 2.11. The van der Waals surface area contributed by atoms with Gasteiger partial charge >= 0.3 is 5.97 Å². The number of aliphatic carboxylic acids is 1. The average Bonchev–Trinajstić information content (AvgIpc) is 2.00. The largest absolute Gasteiger partial charge is 0.481 e. The van der Waals surface area contributed by atoms with Crippen molar-refractivity contribution in [3.63, 3.8) is 0 Å². The van der Waals surface area contributed by atoms with Crippen LogP contribution in [0.25, 0.3) is 0 Å². The highest BCUT2D eigenvalue weighted by molar-refractivity contribution is 6.14. The van der Waals surface area contributed by atoms with Crippen LogP contribution in [-0.2, 0) is 19.2 Å². The maximum atomic E-state index is 10.6. The van der Waals surface area contributed by atoms with E-state index in [1.54, 1.807) is 0 Å². The standard InChI is InChI=1S/C7H4O5/c8-2-1-6(10)5(4-9)3-7(11)12/h1H,3H2,(H,11,12). The number of allylic oxidation sites excluding steroid dienone is 1. The molecular weight excluding hydrogens is 164 g/mol. The second-order valence-corrected chi connectivity index (χ2v) is 1.78. The van der Waals surface area contributed by atoms with Crippen molar-refractivity contribution in [1.82, 2.24) is 0 Å². The van der Waals surface area contributed by atoms with Crippen LogP contribution in [0.2, 0.25) is 0 Å². The molecule has 0 amide bonds. The van der Waals surface area contributed by atoms with Gasteiger partial charge in [-0.2, -0.15) is 0 Å². The monoisotopic (exact) mass is 168 g/mol. The van der Waals surface area contributed by atoms with E-state index < -0.39 is 23.7 Å². The summed E-state index contributed by atoms with van der Waals surface area (Å²) < 4.78 is 0. The second kappa shape index (κ2) is 4.79. The van der Waals surface area contributed by atoms with E-state index in [-0.39, 0.29) is 0 Å². The number of hydrogen-bond acceptors (Lipinski definition) is 4. The van der Waals surface area contributed by atoms with E-state index >= 15 is 0 Å². The average molecular weight is 168 g/mol. The Kier molecular flexibility index (Phi) is 4.01. The van der Waals surface area contributed by atoms with Crippen molar-refractivity contribution < 1.29 is 24.3 Å². The zero-order valence-electron chi connectivity index (χ0n) is 5.86. The van der Waals surface area contributed by atoms with Gasteiger partial charge in [-0.1, -0.05) is 0 Å². The van der Waals surface area contributed by atoms with Gasteiger partial charge in [0.25, 0.3) is 0 Å². The van der Waals surface area contributed by atoms with E-state index in [0.717, 1.165) is 11.9 Å². The van der Waals surface area contributed by atoms with Gasteiger partial charge in [-0.3, -0.25) is 9.59 Å². The summed E-state index contributed by atoms with van der Waals surface area (Å²) in [5.74, 6) is -0.0200. The van der Waals surface area contributed by atoms with E-state index in [9.17, 15) is 19.2 Å². The van der Waals surface area contributed by atoms with Crippen LogP contribution in [0.1, 0.15) is 6.42 Å². The molecule has 0 aliphatic carbocycles. The molecule has 5 nitrogen and oxygen atoms in total. The normalized spacial score (nSPS) is 7.67. The number of rotatable bonds is 4. The van der Waals surface area contributed by atoms with Gasteiger partial charge in [0.15, 0.2) is 0 Å². The molecule has 0 aliphatic heterocycles. The summed E-state index contributed by atoms with van der Waals surface area (Å²) in [6.07, 6.45) is -0.288. The Morgan fingerprint density at radius 2 is 1.92 bits per heavy atom. The Morgan fingerprint density at radius 1 is 1.33 bits per heavy atom. The molecule has 0 atom stereocenters. The summed E-state index contributed by atoms with van der Waals surface area (Å²) in [5.41, 5.74) is -0.592. The molecule has 0 fully saturated rings. The first-order valence-electron chi connectivity index (χ1n) is 2.82. The number of carbonyl (C=O) groups is 2. The van der Waals surface area contributed by atoms with E-state index in [2.05, 4.69) is 0 Å². The van der Waals surface area contributed by atoms with Gasteiger partial charge in [0.2, 0.25) is 5.78 Å². The third-order valence-corrected chi connectivity index (χ3v) is 0.939. The van der Waals surface area contributed by atoms with Gasteiger partial charge in [-0.25, -0.2) is 9.59 Å². The van der Waals surface area contributed by atoms with Crippen molar-refractivity contribution in [2.45, 2.75) is 6.42 Å². The topological polar surface area (TPSA) is 88.5 Å². The number of ketones is 1. The van der Waals surface area contributed by atoms with Crippen LogP contribution in [0, 0.1) is 0 Å². The first-order chi connectivity index (χ1) is 5.61. The molecule has 62 valence electrons. The van der Waals surface area contributed by atoms with Gasteiger partial charge in [0.1, 0.15) is 11.9 Å². The van der Waals surface area contributed by atoms with Gasteiger partial charge in [-0.05, 0) is 0 Å². The lowest BCUT2D eigenvalue weighted by molar-refractivity contribution is -0.136. The van der Waals surface area contributed by atoms with Crippen LogP contribution in [0.5, 0.6) is 0 Å². The van der Waals surface area contributed by atoms with Crippen LogP contribution in [0.4, 0.5) is 0 Å². The van der Waals surface area contributed by atoms with E-state index in [1.165, 1.54) is 0 Å². The molecule has 0 heterocycles. The van der Waals surface area contributed by atoms with Crippen molar-refractivity contribution in [1.29, 1.82) is 0 Å². The van der Waals surface area contributed by atoms with Crippen LogP contribution in [-0.4, -0.2) is 28.7 Å². The number of carboxylic acid groups (broad SMARTS) is 1. The summed E-state index contributed by atoms with van der Waals surface area (Å²) in [6.45, 7) is 0. The summed E-state index contributed by atoms with van der Waals surface area (Å²) in [4.78, 5) is 40.2. The third kappa shape index (κ3) is 3.27. The zero-order valence-corrected chi connectivity index (χ0v) is 5.86. The van der Waals surface area contributed by atoms with Gasteiger partial charge in [-0.15, -0.1) is 0 Å².